The molecule has 1 N–H and O–H groups in total. The first-order chi connectivity index (χ1) is 6.60. The van der Waals surface area contributed by atoms with Gasteiger partial charge in [0, 0.05) is 17.1 Å². The molecule has 0 aromatic carbocycles. The van der Waals surface area contributed by atoms with E-state index in [1.54, 1.807) is 11.3 Å². The minimum Gasteiger partial charge on any atom is -0.316 e. The second-order valence-corrected chi connectivity index (χ2v) is 5.33. The number of hydrogen-bond donors (Lipinski definition) is 1. The number of nitrogens with zero attached hydrogens (tertiary/aromatic N) is 1. The van der Waals surface area contributed by atoms with Gasteiger partial charge in [0.25, 0.3) is 0 Å². The van der Waals surface area contributed by atoms with Gasteiger partial charge < -0.3 is 5.32 Å². The van der Waals surface area contributed by atoms with Crippen LogP contribution in [0.1, 0.15) is 32.1 Å². The summed E-state index contributed by atoms with van der Waals surface area (Å²) < 4.78 is 0. The number of nitrogens with one attached hydrogen (secondary N) is 1. The van der Waals surface area contributed by atoms with Gasteiger partial charge in [-0.3, -0.25) is 4.98 Å². The Balaban J connectivity index is 2.64. The van der Waals surface area contributed by atoms with Gasteiger partial charge in [0.15, 0.2) is 0 Å². The molecule has 2 nitrogen and oxygen atoms in total. The van der Waals surface area contributed by atoms with Gasteiger partial charge in [0.2, 0.25) is 0 Å². The van der Waals surface area contributed by atoms with E-state index in [4.69, 9.17) is 0 Å². The van der Waals surface area contributed by atoms with E-state index in [0.29, 0.717) is 11.5 Å². The second kappa shape index (κ2) is 4.89. The lowest BCUT2D eigenvalue weighted by atomic mass is 9.80. The molecule has 1 atom stereocenters. The molecule has 0 aliphatic carbocycles. The fourth-order valence-electron chi connectivity index (χ4n) is 1.56. The Morgan fingerprint density at radius 1 is 1.57 bits per heavy atom. The molecular formula is C11H20N2S. The van der Waals surface area contributed by atoms with Crippen molar-refractivity contribution < 1.29 is 0 Å². The molecule has 1 aromatic heterocycles. The summed E-state index contributed by atoms with van der Waals surface area (Å²) >= 11 is 1.74. The fourth-order valence-corrected chi connectivity index (χ4v) is 2.20. The Labute approximate surface area is 90.8 Å². The van der Waals surface area contributed by atoms with E-state index >= 15 is 0 Å². The molecule has 1 heterocycles. The van der Waals surface area contributed by atoms with Gasteiger partial charge in [0.05, 0.1) is 5.51 Å². The van der Waals surface area contributed by atoms with Gasteiger partial charge in [0.1, 0.15) is 0 Å². The smallest absolute Gasteiger partial charge is 0.0794 e. The Morgan fingerprint density at radius 3 is 2.71 bits per heavy atom. The monoisotopic (exact) mass is 212 g/mol. The maximum atomic E-state index is 4.11. The summed E-state index contributed by atoms with van der Waals surface area (Å²) in [6, 6.07) is 0.535. The van der Waals surface area contributed by atoms with E-state index in [1.165, 1.54) is 11.3 Å². The summed E-state index contributed by atoms with van der Waals surface area (Å²) in [4.78, 5) is 5.47. The molecule has 0 saturated carbocycles. The molecule has 3 heteroatoms. The highest BCUT2D eigenvalue weighted by atomic mass is 32.1. The molecule has 1 unspecified atom stereocenters. The summed E-state index contributed by atoms with van der Waals surface area (Å²) in [5.74, 6) is 0. The van der Waals surface area contributed by atoms with Crippen molar-refractivity contribution in [1.29, 1.82) is 0 Å². The predicted molar refractivity (Wildman–Crippen MR) is 62.7 cm³/mol. The van der Waals surface area contributed by atoms with Crippen molar-refractivity contribution in [2.24, 2.45) is 5.41 Å². The molecule has 0 bridgehead atoms. The molecular weight excluding hydrogens is 192 g/mol. The number of aromatic nitrogens is 1. The molecule has 0 aliphatic heterocycles. The molecule has 0 aliphatic rings. The van der Waals surface area contributed by atoms with Crippen LogP contribution < -0.4 is 5.32 Å². The quantitative estimate of drug-likeness (QED) is 0.811. The molecule has 80 valence electrons. The second-order valence-electron chi connectivity index (χ2n) is 4.36. The highest BCUT2D eigenvalue weighted by Crippen LogP contribution is 2.27. The van der Waals surface area contributed by atoms with Crippen LogP contribution in [0.25, 0.3) is 0 Å². The van der Waals surface area contributed by atoms with Crippen molar-refractivity contribution in [3.63, 3.8) is 0 Å². The van der Waals surface area contributed by atoms with Crippen LogP contribution >= 0.6 is 11.3 Å². The Bertz CT molecular complexity index is 254. The summed E-state index contributed by atoms with van der Waals surface area (Å²) in [7, 11) is 2.04. The SMILES string of the molecule is CCC(C)(C)C(Cc1cncs1)NC. The lowest BCUT2D eigenvalue weighted by Crippen LogP contribution is -2.41. The Kier molecular flexibility index (Phi) is 4.08. The van der Waals surface area contributed by atoms with Crippen LogP contribution in [0.15, 0.2) is 11.7 Å². The van der Waals surface area contributed by atoms with Crippen molar-refractivity contribution in [1.82, 2.24) is 10.3 Å². The summed E-state index contributed by atoms with van der Waals surface area (Å²) in [5, 5.41) is 3.41. The molecule has 0 amide bonds. The van der Waals surface area contributed by atoms with Gasteiger partial charge in [-0.05, 0) is 25.3 Å². The lowest BCUT2D eigenvalue weighted by molar-refractivity contribution is 0.241. The topological polar surface area (TPSA) is 24.9 Å². The van der Waals surface area contributed by atoms with Crippen molar-refractivity contribution in [3.05, 3.63) is 16.6 Å². The summed E-state index contributed by atoms with van der Waals surface area (Å²) in [6.07, 6.45) is 4.25. The van der Waals surface area contributed by atoms with E-state index in [2.05, 4.69) is 31.1 Å². The highest BCUT2D eigenvalue weighted by molar-refractivity contribution is 7.09. The molecule has 1 aromatic rings. The molecule has 0 fully saturated rings. The minimum atomic E-state index is 0.346. The number of thiazole rings is 1. The molecule has 0 radical (unpaired) electrons. The van der Waals surface area contributed by atoms with Gasteiger partial charge >= 0.3 is 0 Å². The first kappa shape index (κ1) is 11.7. The predicted octanol–water partition coefficient (Wildman–Crippen LogP) is 2.71. The summed E-state index contributed by atoms with van der Waals surface area (Å²) in [5.41, 5.74) is 2.25. The normalized spacial score (nSPS) is 14.3. The van der Waals surface area contributed by atoms with E-state index in [1.807, 2.05) is 18.8 Å². The maximum Gasteiger partial charge on any atom is 0.0794 e. The van der Waals surface area contributed by atoms with Gasteiger partial charge in [-0.25, -0.2) is 0 Å². The van der Waals surface area contributed by atoms with E-state index in [9.17, 15) is 0 Å². The van der Waals surface area contributed by atoms with E-state index < -0.39 is 0 Å². The van der Waals surface area contributed by atoms with Gasteiger partial charge in [-0.2, -0.15) is 0 Å². The average molecular weight is 212 g/mol. The van der Waals surface area contributed by atoms with Crippen molar-refractivity contribution in [2.45, 2.75) is 39.7 Å². The van der Waals surface area contributed by atoms with Gasteiger partial charge in [-0.1, -0.05) is 20.8 Å². The number of rotatable bonds is 5. The highest BCUT2D eigenvalue weighted by Gasteiger charge is 2.26. The minimum absolute atomic E-state index is 0.346. The van der Waals surface area contributed by atoms with E-state index in [0.717, 1.165) is 6.42 Å². The van der Waals surface area contributed by atoms with Crippen LogP contribution in [0.4, 0.5) is 0 Å². The molecule has 0 saturated heterocycles. The third-order valence-electron chi connectivity index (χ3n) is 3.09. The molecule has 0 spiro atoms. The largest absolute Gasteiger partial charge is 0.316 e. The van der Waals surface area contributed by atoms with Crippen molar-refractivity contribution in [3.8, 4) is 0 Å². The van der Waals surface area contributed by atoms with Crippen LogP contribution in [-0.2, 0) is 6.42 Å². The summed E-state index contributed by atoms with van der Waals surface area (Å²) in [6.45, 7) is 6.88. The zero-order valence-corrected chi connectivity index (χ0v) is 10.3. The zero-order valence-electron chi connectivity index (χ0n) is 9.50. The van der Waals surface area contributed by atoms with Crippen LogP contribution in [0.5, 0.6) is 0 Å². The van der Waals surface area contributed by atoms with Crippen LogP contribution in [0.2, 0.25) is 0 Å². The third kappa shape index (κ3) is 2.79. The standard InChI is InChI=1S/C11H20N2S/c1-5-11(2,3)10(12-4)6-9-7-13-8-14-9/h7-8,10,12H,5-6H2,1-4H3. The third-order valence-corrected chi connectivity index (χ3v) is 3.89. The van der Waals surface area contributed by atoms with Crippen molar-refractivity contribution in [2.75, 3.05) is 7.05 Å². The van der Waals surface area contributed by atoms with Crippen LogP contribution in [0, 0.1) is 5.41 Å². The van der Waals surface area contributed by atoms with Crippen molar-refractivity contribution >= 4 is 11.3 Å². The van der Waals surface area contributed by atoms with Crippen LogP contribution in [-0.4, -0.2) is 18.1 Å². The Hall–Kier alpha value is -0.410. The fraction of sp³-hybridized carbons (Fsp3) is 0.727. The first-order valence-corrected chi connectivity index (χ1v) is 6.02. The Morgan fingerprint density at radius 2 is 2.29 bits per heavy atom. The molecule has 1 rings (SSSR count). The maximum absolute atomic E-state index is 4.11. The first-order valence-electron chi connectivity index (χ1n) is 5.14. The van der Waals surface area contributed by atoms with Gasteiger partial charge in [-0.15, -0.1) is 11.3 Å². The molecule has 14 heavy (non-hydrogen) atoms. The number of likely N-dealkylation sites (N-methyl/N-ethyl adjacent to an activating group) is 1. The average Bonchev–Trinajstić information content (AvgIpc) is 2.66. The van der Waals surface area contributed by atoms with E-state index in [-0.39, 0.29) is 0 Å². The number of hydrogen-bond acceptors (Lipinski definition) is 3. The zero-order chi connectivity index (χ0) is 10.6. The van der Waals surface area contributed by atoms with Crippen LogP contribution in [0.3, 0.4) is 0 Å². The lowest BCUT2D eigenvalue weighted by Gasteiger charge is -2.33.